The summed E-state index contributed by atoms with van der Waals surface area (Å²) < 4.78 is 34.0. The summed E-state index contributed by atoms with van der Waals surface area (Å²) in [4.78, 5) is 38.9. The van der Waals surface area contributed by atoms with E-state index < -0.39 is 21.4 Å². The first kappa shape index (κ1) is 47.1. The van der Waals surface area contributed by atoms with Crippen LogP contribution in [0.4, 0.5) is 0 Å². The van der Waals surface area contributed by atoms with E-state index in [1.54, 1.807) is 13.8 Å². The van der Waals surface area contributed by atoms with Gasteiger partial charge < -0.3 is 19.6 Å². The molecule has 4 N–H and O–H groups in total. The molecule has 0 unspecified atom stereocenters. The third kappa shape index (κ3) is 28.5. The van der Waals surface area contributed by atoms with Crippen molar-refractivity contribution in [2.24, 2.45) is 0 Å². The van der Waals surface area contributed by atoms with Crippen molar-refractivity contribution in [2.45, 2.75) is 152 Å². The highest BCUT2D eigenvalue weighted by Gasteiger charge is 2.41. The third-order valence-electron chi connectivity index (χ3n) is 7.73. The van der Waals surface area contributed by atoms with Gasteiger partial charge in [-0.3, -0.25) is 0 Å². The summed E-state index contributed by atoms with van der Waals surface area (Å²) in [7, 11) is -10.5. The van der Waals surface area contributed by atoms with Gasteiger partial charge in [0.1, 0.15) is 0 Å². The topological polar surface area (TPSA) is 134 Å². The standard InChI is InChI=1S/C39H66O8P2/c1-31(2)17-11-19-33(5)21-13-23-35(7)25-15-27-37(9)29-39(46-48(40,41)42,47-49(43,44)45)30-38(10)28-16-26-36(8)24-14-22-34(6)20-12-18-32(3)4/h17-18,21-22,25-26,29-30H,11-16,19-20,23-24,27-28H2,1-10H3,(H2,40,41,42)(H2,43,44,45)/b33-21+,34-22+,35-25-,36-26-,37-29+,38-30+. The predicted molar refractivity (Wildman–Crippen MR) is 206 cm³/mol. The average molecular weight is 725 g/mol. The van der Waals surface area contributed by atoms with Crippen molar-refractivity contribution in [1.29, 1.82) is 0 Å². The van der Waals surface area contributed by atoms with Gasteiger partial charge in [0.05, 0.1) is 0 Å². The monoisotopic (exact) mass is 724 g/mol. The molecule has 49 heavy (non-hydrogen) atoms. The van der Waals surface area contributed by atoms with E-state index in [-0.39, 0.29) is 0 Å². The van der Waals surface area contributed by atoms with Crippen molar-refractivity contribution in [1.82, 2.24) is 0 Å². The Morgan fingerprint density at radius 3 is 0.878 bits per heavy atom. The molecule has 0 radical (unpaired) electrons. The quantitative estimate of drug-likeness (QED) is 0.0439. The Bertz CT molecular complexity index is 1250. The highest BCUT2D eigenvalue weighted by atomic mass is 31.2. The van der Waals surface area contributed by atoms with Crippen LogP contribution in [-0.2, 0) is 18.2 Å². The summed E-state index contributed by atoms with van der Waals surface area (Å²) in [6, 6.07) is 0. The number of hydrogen-bond donors (Lipinski definition) is 4. The number of rotatable bonds is 24. The van der Waals surface area contributed by atoms with Crippen molar-refractivity contribution in [3.63, 3.8) is 0 Å². The van der Waals surface area contributed by atoms with Crippen LogP contribution in [0.25, 0.3) is 0 Å². The molecule has 10 heteroatoms. The van der Waals surface area contributed by atoms with Gasteiger partial charge in [0.25, 0.3) is 0 Å². The molecular formula is C39H66O8P2. The molecule has 0 saturated carbocycles. The zero-order valence-electron chi connectivity index (χ0n) is 31.9. The van der Waals surface area contributed by atoms with Crippen LogP contribution >= 0.6 is 15.6 Å². The van der Waals surface area contributed by atoms with Crippen molar-refractivity contribution < 1.29 is 37.8 Å². The number of phosphoric acid groups is 2. The minimum absolute atomic E-state index is 0.476. The van der Waals surface area contributed by atoms with Crippen molar-refractivity contribution in [3.8, 4) is 0 Å². The lowest BCUT2D eigenvalue weighted by molar-refractivity contribution is -0.0633. The maximum Gasteiger partial charge on any atom is 0.472 e. The van der Waals surface area contributed by atoms with Crippen LogP contribution in [0.1, 0.15) is 146 Å². The molecule has 0 aliphatic heterocycles. The molecule has 0 aliphatic rings. The molecule has 0 aliphatic carbocycles. The summed E-state index contributed by atoms with van der Waals surface area (Å²) in [6.07, 6.45) is 25.9. The second-order valence-electron chi connectivity index (χ2n) is 13.9. The first-order valence-corrected chi connectivity index (χ1v) is 20.5. The molecule has 0 saturated heterocycles. The largest absolute Gasteiger partial charge is 0.472 e. The number of hydrogen-bond acceptors (Lipinski definition) is 4. The Labute approximate surface area is 298 Å². The summed E-state index contributed by atoms with van der Waals surface area (Å²) >= 11 is 0. The molecule has 0 heterocycles. The van der Waals surface area contributed by atoms with Gasteiger partial charge in [-0.15, -0.1) is 0 Å². The van der Waals surface area contributed by atoms with Gasteiger partial charge in [0, 0.05) is 0 Å². The van der Waals surface area contributed by atoms with E-state index in [0.29, 0.717) is 36.8 Å². The summed E-state index contributed by atoms with van der Waals surface area (Å²) in [5.74, 6) is -2.45. The maximum atomic E-state index is 12.0. The molecule has 0 atom stereocenters. The highest BCUT2D eigenvalue weighted by molar-refractivity contribution is 7.47. The van der Waals surface area contributed by atoms with Crippen LogP contribution in [-0.4, -0.2) is 25.4 Å². The zero-order valence-corrected chi connectivity index (χ0v) is 33.7. The Hall–Kier alpha value is -1.86. The van der Waals surface area contributed by atoms with Gasteiger partial charge in [-0.05, 0) is 158 Å². The molecule has 0 fully saturated rings. The van der Waals surface area contributed by atoms with E-state index in [4.69, 9.17) is 9.05 Å². The van der Waals surface area contributed by atoms with Gasteiger partial charge in [0.2, 0.25) is 5.79 Å². The molecule has 280 valence electrons. The minimum atomic E-state index is -5.23. The predicted octanol–water partition coefficient (Wildman–Crippen LogP) is 12.2. The molecule has 0 amide bonds. The second kappa shape index (κ2) is 24.3. The van der Waals surface area contributed by atoms with Crippen LogP contribution in [0.2, 0.25) is 0 Å². The van der Waals surface area contributed by atoms with Crippen LogP contribution in [0, 0.1) is 0 Å². The first-order valence-electron chi connectivity index (χ1n) is 17.4. The van der Waals surface area contributed by atoms with Gasteiger partial charge in [-0.1, -0.05) is 81.0 Å². The summed E-state index contributed by atoms with van der Waals surface area (Å²) in [5.41, 5.74) is 9.04. The van der Waals surface area contributed by atoms with E-state index in [1.165, 1.54) is 45.6 Å². The Morgan fingerprint density at radius 2 is 0.653 bits per heavy atom. The van der Waals surface area contributed by atoms with E-state index >= 15 is 0 Å². The van der Waals surface area contributed by atoms with Gasteiger partial charge >= 0.3 is 15.6 Å². The van der Waals surface area contributed by atoms with E-state index in [0.717, 1.165) is 51.4 Å². The normalized spacial score (nSPS) is 14.7. The molecule has 0 spiro atoms. The number of phosphoric ester groups is 2. The van der Waals surface area contributed by atoms with Crippen LogP contribution in [0.3, 0.4) is 0 Å². The molecule has 0 rings (SSSR count). The van der Waals surface area contributed by atoms with Gasteiger partial charge in [-0.25, -0.2) is 18.2 Å². The molecule has 8 nitrogen and oxygen atoms in total. The second-order valence-corrected chi connectivity index (χ2v) is 16.2. The Balaban J connectivity index is 5.66. The third-order valence-corrected chi connectivity index (χ3v) is 8.77. The smallest absolute Gasteiger partial charge is 0.303 e. The molecule has 0 aromatic rings. The maximum absolute atomic E-state index is 12.0. The van der Waals surface area contributed by atoms with Crippen LogP contribution in [0.5, 0.6) is 0 Å². The van der Waals surface area contributed by atoms with Crippen molar-refractivity contribution in [2.75, 3.05) is 0 Å². The molecule has 0 aromatic heterocycles. The van der Waals surface area contributed by atoms with E-state index in [9.17, 15) is 28.7 Å². The lowest BCUT2D eigenvalue weighted by atomic mass is 10.0. The fourth-order valence-electron chi connectivity index (χ4n) is 5.14. The molecule has 0 bridgehead atoms. The minimum Gasteiger partial charge on any atom is -0.303 e. The van der Waals surface area contributed by atoms with Crippen molar-refractivity contribution >= 4 is 15.6 Å². The highest BCUT2D eigenvalue weighted by Crippen LogP contribution is 2.51. The summed E-state index contributed by atoms with van der Waals surface area (Å²) in [5, 5.41) is 0. The molecule has 0 aromatic carbocycles. The van der Waals surface area contributed by atoms with E-state index in [1.807, 2.05) is 0 Å². The van der Waals surface area contributed by atoms with Gasteiger partial charge in [0.15, 0.2) is 0 Å². The lowest BCUT2D eigenvalue weighted by Gasteiger charge is -2.29. The Kier molecular flexibility index (Phi) is 23.4. The fraction of sp³-hybridized carbons (Fsp3) is 0.590. The fourth-order valence-corrected chi connectivity index (χ4v) is 6.22. The summed E-state index contributed by atoms with van der Waals surface area (Å²) in [6.45, 7) is 20.3. The van der Waals surface area contributed by atoms with Gasteiger partial charge in [-0.2, -0.15) is 0 Å². The Morgan fingerprint density at radius 1 is 0.429 bits per heavy atom. The molecular weight excluding hydrogens is 658 g/mol. The van der Waals surface area contributed by atoms with E-state index in [2.05, 4.69) is 91.8 Å². The SMILES string of the molecule is CC(C)=CCC/C(C)=C/CC/C(C)=C\CC/C(C)=C/C(/C=C(\C)CC/C=C(/C)CC/C=C(\C)CCC=C(C)C)(OP(=O)(O)O)OP(=O)(O)O. The van der Waals surface area contributed by atoms with Crippen LogP contribution in [0.15, 0.2) is 93.2 Å². The first-order chi connectivity index (χ1) is 22.6. The average Bonchev–Trinajstić information content (AvgIpc) is 2.90. The zero-order chi connectivity index (χ0) is 37.7. The number of allylic oxidation sites excluding steroid dienone is 14. The van der Waals surface area contributed by atoms with Crippen LogP contribution < -0.4 is 0 Å². The lowest BCUT2D eigenvalue weighted by Crippen LogP contribution is -2.30. The van der Waals surface area contributed by atoms with Crippen molar-refractivity contribution in [3.05, 3.63) is 93.2 Å².